The lowest BCUT2D eigenvalue weighted by Crippen LogP contribution is -2.24. The summed E-state index contributed by atoms with van der Waals surface area (Å²) >= 11 is 0. The Labute approximate surface area is 140 Å². The standard InChI is InChI=1S/C16H23N5O3/c1-10-11(2)19-21(12(10)3)7-6-15(22)17-9-14-18-16(24-20-14)13-5-4-8-23-13/h13H,4-9H2,1-3H3,(H,17,22). The summed E-state index contributed by atoms with van der Waals surface area (Å²) in [6, 6.07) is 0. The number of carbonyl (C=O) groups is 1. The molecule has 1 aliphatic heterocycles. The molecule has 3 rings (SSSR count). The van der Waals surface area contributed by atoms with Crippen molar-refractivity contribution in [2.75, 3.05) is 6.61 Å². The lowest BCUT2D eigenvalue weighted by Gasteiger charge is -2.05. The Morgan fingerprint density at radius 2 is 2.21 bits per heavy atom. The Bertz CT molecular complexity index is 715. The van der Waals surface area contributed by atoms with E-state index in [-0.39, 0.29) is 18.6 Å². The van der Waals surface area contributed by atoms with Gasteiger partial charge in [-0.3, -0.25) is 9.48 Å². The predicted octanol–water partition coefficient (Wildman–Crippen LogP) is 1.75. The second-order valence-corrected chi connectivity index (χ2v) is 6.10. The molecule has 3 heterocycles. The van der Waals surface area contributed by atoms with E-state index in [1.807, 2.05) is 25.5 Å². The van der Waals surface area contributed by atoms with E-state index in [0.29, 0.717) is 24.7 Å². The molecule has 0 saturated carbocycles. The molecule has 0 bridgehead atoms. The number of carbonyl (C=O) groups excluding carboxylic acids is 1. The van der Waals surface area contributed by atoms with E-state index >= 15 is 0 Å². The van der Waals surface area contributed by atoms with E-state index < -0.39 is 0 Å². The van der Waals surface area contributed by atoms with Crippen molar-refractivity contribution in [1.29, 1.82) is 0 Å². The van der Waals surface area contributed by atoms with E-state index in [1.54, 1.807) is 0 Å². The van der Waals surface area contributed by atoms with Crippen LogP contribution in [0.25, 0.3) is 0 Å². The number of aromatic nitrogens is 4. The normalized spacial score (nSPS) is 17.4. The average molecular weight is 333 g/mol. The summed E-state index contributed by atoms with van der Waals surface area (Å²) in [5, 5.41) is 11.1. The minimum atomic E-state index is -0.101. The van der Waals surface area contributed by atoms with Crippen LogP contribution in [0.2, 0.25) is 0 Å². The van der Waals surface area contributed by atoms with Gasteiger partial charge in [0.25, 0.3) is 5.89 Å². The molecule has 8 heteroatoms. The Hall–Kier alpha value is -2.22. The first-order valence-electron chi connectivity index (χ1n) is 8.26. The molecule has 2 aromatic rings. The van der Waals surface area contributed by atoms with Gasteiger partial charge >= 0.3 is 0 Å². The van der Waals surface area contributed by atoms with Crippen LogP contribution in [0.1, 0.15) is 54.0 Å². The van der Waals surface area contributed by atoms with Crippen LogP contribution in [0.3, 0.4) is 0 Å². The molecule has 0 spiro atoms. The summed E-state index contributed by atoms with van der Waals surface area (Å²) in [5.74, 6) is 0.898. The maximum Gasteiger partial charge on any atom is 0.255 e. The molecule has 0 aromatic carbocycles. The monoisotopic (exact) mass is 333 g/mol. The zero-order chi connectivity index (χ0) is 17.1. The molecular formula is C16H23N5O3. The minimum absolute atomic E-state index is 0.0660. The van der Waals surface area contributed by atoms with Gasteiger partial charge in [-0.1, -0.05) is 5.16 Å². The molecule has 1 N–H and O–H groups in total. The number of hydrogen-bond acceptors (Lipinski definition) is 6. The molecule has 1 saturated heterocycles. The quantitative estimate of drug-likeness (QED) is 0.865. The molecule has 0 radical (unpaired) electrons. The Morgan fingerprint density at radius 1 is 1.38 bits per heavy atom. The summed E-state index contributed by atoms with van der Waals surface area (Å²) in [4.78, 5) is 16.3. The summed E-state index contributed by atoms with van der Waals surface area (Å²) in [6.07, 6.45) is 2.16. The van der Waals surface area contributed by atoms with Gasteiger partial charge in [-0.25, -0.2) is 0 Å². The van der Waals surface area contributed by atoms with E-state index in [0.717, 1.165) is 30.8 Å². The van der Waals surface area contributed by atoms with Gasteiger partial charge in [0.15, 0.2) is 5.82 Å². The van der Waals surface area contributed by atoms with Crippen molar-refractivity contribution < 1.29 is 14.1 Å². The highest BCUT2D eigenvalue weighted by Gasteiger charge is 2.23. The molecule has 2 aromatic heterocycles. The van der Waals surface area contributed by atoms with Crippen LogP contribution in [0, 0.1) is 20.8 Å². The molecule has 1 amide bonds. The zero-order valence-electron chi connectivity index (χ0n) is 14.3. The Balaban J connectivity index is 1.46. The highest BCUT2D eigenvalue weighted by Crippen LogP contribution is 2.26. The van der Waals surface area contributed by atoms with Gasteiger partial charge in [0.05, 0.1) is 12.2 Å². The van der Waals surface area contributed by atoms with Crippen molar-refractivity contribution in [2.24, 2.45) is 0 Å². The van der Waals surface area contributed by atoms with Crippen molar-refractivity contribution in [2.45, 2.75) is 59.2 Å². The maximum atomic E-state index is 12.0. The number of nitrogens with one attached hydrogen (secondary N) is 1. The largest absolute Gasteiger partial charge is 0.368 e. The molecule has 0 aliphatic carbocycles. The van der Waals surface area contributed by atoms with Gasteiger partial charge in [-0.05, 0) is 39.2 Å². The number of aryl methyl sites for hydroxylation is 2. The van der Waals surface area contributed by atoms with Crippen LogP contribution in [-0.4, -0.2) is 32.4 Å². The predicted molar refractivity (Wildman–Crippen MR) is 85.1 cm³/mol. The van der Waals surface area contributed by atoms with Gasteiger partial charge in [-0.15, -0.1) is 0 Å². The number of ether oxygens (including phenoxy) is 1. The fourth-order valence-corrected chi connectivity index (χ4v) is 2.72. The van der Waals surface area contributed by atoms with Crippen LogP contribution in [-0.2, 0) is 22.6 Å². The van der Waals surface area contributed by atoms with Crippen molar-refractivity contribution >= 4 is 5.91 Å². The first-order chi connectivity index (χ1) is 11.5. The van der Waals surface area contributed by atoms with Crippen molar-refractivity contribution in [3.8, 4) is 0 Å². The highest BCUT2D eigenvalue weighted by atomic mass is 16.5. The zero-order valence-corrected chi connectivity index (χ0v) is 14.3. The minimum Gasteiger partial charge on any atom is -0.368 e. The summed E-state index contributed by atoms with van der Waals surface area (Å²) < 4.78 is 12.6. The van der Waals surface area contributed by atoms with E-state index in [4.69, 9.17) is 9.26 Å². The fourth-order valence-electron chi connectivity index (χ4n) is 2.72. The third kappa shape index (κ3) is 3.64. The van der Waals surface area contributed by atoms with Crippen LogP contribution >= 0.6 is 0 Å². The first kappa shape index (κ1) is 16.6. The number of amides is 1. The third-order valence-corrected chi connectivity index (χ3v) is 4.43. The number of nitrogens with zero attached hydrogens (tertiary/aromatic N) is 4. The van der Waals surface area contributed by atoms with Crippen molar-refractivity contribution in [3.05, 3.63) is 28.7 Å². The van der Waals surface area contributed by atoms with Crippen LogP contribution in [0.4, 0.5) is 0 Å². The number of hydrogen-bond donors (Lipinski definition) is 1. The topological polar surface area (TPSA) is 95.1 Å². The maximum absolute atomic E-state index is 12.0. The van der Waals surface area contributed by atoms with E-state index in [1.165, 1.54) is 5.56 Å². The van der Waals surface area contributed by atoms with Crippen LogP contribution < -0.4 is 5.32 Å². The van der Waals surface area contributed by atoms with Gasteiger partial charge in [0.2, 0.25) is 5.91 Å². The molecule has 1 atom stereocenters. The van der Waals surface area contributed by atoms with Crippen molar-refractivity contribution in [1.82, 2.24) is 25.2 Å². The van der Waals surface area contributed by atoms with Gasteiger partial charge in [0.1, 0.15) is 6.10 Å². The average Bonchev–Trinajstić information content (AvgIpc) is 3.29. The van der Waals surface area contributed by atoms with Gasteiger partial charge < -0.3 is 14.6 Å². The van der Waals surface area contributed by atoms with Gasteiger partial charge in [-0.2, -0.15) is 10.1 Å². The highest BCUT2D eigenvalue weighted by molar-refractivity contribution is 5.75. The van der Waals surface area contributed by atoms with E-state index in [2.05, 4.69) is 20.6 Å². The van der Waals surface area contributed by atoms with E-state index in [9.17, 15) is 4.79 Å². The summed E-state index contributed by atoms with van der Waals surface area (Å²) in [5.41, 5.74) is 3.27. The van der Waals surface area contributed by atoms with Gasteiger partial charge in [0, 0.05) is 25.3 Å². The summed E-state index contributed by atoms with van der Waals surface area (Å²) in [7, 11) is 0. The molecule has 8 nitrogen and oxygen atoms in total. The lowest BCUT2D eigenvalue weighted by molar-refractivity contribution is -0.121. The lowest BCUT2D eigenvalue weighted by atomic mass is 10.2. The molecule has 1 fully saturated rings. The molecule has 130 valence electrons. The molecule has 1 unspecified atom stereocenters. The van der Waals surface area contributed by atoms with Crippen LogP contribution in [0.15, 0.2) is 4.52 Å². The second kappa shape index (κ2) is 7.12. The molecule has 24 heavy (non-hydrogen) atoms. The SMILES string of the molecule is Cc1nn(CCC(=O)NCc2noc(C3CCCO3)n2)c(C)c1C. The smallest absolute Gasteiger partial charge is 0.255 e. The fraction of sp³-hybridized carbons (Fsp3) is 0.625. The Kier molecular flexibility index (Phi) is 4.94. The number of rotatable bonds is 6. The third-order valence-electron chi connectivity index (χ3n) is 4.43. The molecule has 1 aliphatic rings. The Morgan fingerprint density at radius 3 is 2.88 bits per heavy atom. The first-order valence-corrected chi connectivity index (χ1v) is 8.26. The second-order valence-electron chi connectivity index (χ2n) is 6.10. The van der Waals surface area contributed by atoms with Crippen molar-refractivity contribution in [3.63, 3.8) is 0 Å². The van der Waals surface area contributed by atoms with Crippen LogP contribution in [0.5, 0.6) is 0 Å². The molecular weight excluding hydrogens is 310 g/mol. The summed E-state index contributed by atoms with van der Waals surface area (Å²) in [6.45, 7) is 7.56.